The highest BCUT2D eigenvalue weighted by molar-refractivity contribution is 5.94. The summed E-state index contributed by atoms with van der Waals surface area (Å²) in [6.45, 7) is 0. The summed E-state index contributed by atoms with van der Waals surface area (Å²) in [6.07, 6.45) is 1.36. The zero-order valence-corrected chi connectivity index (χ0v) is 14.9. The number of rotatable bonds is 3. The van der Waals surface area contributed by atoms with Crippen molar-refractivity contribution in [3.63, 3.8) is 0 Å². The van der Waals surface area contributed by atoms with Gasteiger partial charge >= 0.3 is 0 Å². The van der Waals surface area contributed by atoms with E-state index in [1.54, 1.807) is 6.07 Å². The molecule has 5 nitrogen and oxygen atoms in total. The predicted molar refractivity (Wildman–Crippen MR) is 108 cm³/mol. The van der Waals surface area contributed by atoms with Crippen LogP contribution in [0.15, 0.2) is 83.5 Å². The van der Waals surface area contributed by atoms with Gasteiger partial charge in [-0.25, -0.2) is 4.98 Å². The molecule has 0 bridgehead atoms. The number of benzene rings is 3. The molecule has 0 saturated carbocycles. The Balaban J connectivity index is 1.46. The van der Waals surface area contributed by atoms with Crippen molar-refractivity contribution in [2.45, 2.75) is 6.04 Å². The summed E-state index contributed by atoms with van der Waals surface area (Å²) in [6, 6.07) is 23.3. The van der Waals surface area contributed by atoms with E-state index in [2.05, 4.69) is 22.4 Å². The summed E-state index contributed by atoms with van der Waals surface area (Å²) >= 11 is 0. The number of fused-ring (bicyclic) bond motifs is 3. The van der Waals surface area contributed by atoms with Crippen molar-refractivity contribution in [3.8, 4) is 22.6 Å². The molecule has 136 valence electrons. The topological polar surface area (TPSA) is 81.1 Å². The van der Waals surface area contributed by atoms with Gasteiger partial charge in [-0.05, 0) is 34.4 Å². The Morgan fingerprint density at radius 2 is 1.43 bits per heavy atom. The maximum atomic E-state index is 12.9. The number of nitrogens with one attached hydrogen (secondary N) is 1. The van der Waals surface area contributed by atoms with E-state index in [1.165, 1.54) is 6.26 Å². The van der Waals surface area contributed by atoms with E-state index in [0.717, 1.165) is 22.3 Å². The lowest BCUT2D eigenvalue weighted by Gasteiger charge is -2.14. The molecule has 1 amide bonds. The Bertz CT molecular complexity index is 1150. The molecule has 0 saturated heterocycles. The van der Waals surface area contributed by atoms with Crippen LogP contribution in [0.1, 0.15) is 27.7 Å². The zero-order chi connectivity index (χ0) is 19.1. The van der Waals surface area contributed by atoms with Gasteiger partial charge < -0.3 is 15.5 Å². The Labute approximate surface area is 161 Å². The van der Waals surface area contributed by atoms with Crippen molar-refractivity contribution >= 4 is 11.6 Å². The number of nitrogens with two attached hydrogens (primary N) is 1. The number of nitrogen functional groups attached to an aromatic ring is 1. The zero-order valence-electron chi connectivity index (χ0n) is 14.9. The lowest BCUT2D eigenvalue weighted by atomic mass is 10.1. The van der Waals surface area contributed by atoms with Gasteiger partial charge in [0.1, 0.15) is 6.26 Å². The molecule has 4 aromatic rings. The molecular formula is C23H17N3O2. The van der Waals surface area contributed by atoms with Crippen LogP contribution in [0.4, 0.5) is 5.69 Å². The number of nitrogens with zero attached hydrogens (tertiary/aromatic N) is 1. The van der Waals surface area contributed by atoms with E-state index in [0.29, 0.717) is 17.1 Å². The molecule has 5 heteroatoms. The first kappa shape index (κ1) is 16.3. The van der Waals surface area contributed by atoms with E-state index in [9.17, 15) is 4.79 Å². The fraction of sp³-hybridized carbons (Fsp3) is 0.0435. The third-order valence-electron chi connectivity index (χ3n) is 5.04. The molecule has 1 aliphatic rings. The standard InChI is InChI=1S/C23H17N3O2/c24-19-12-6-5-11-18(19)23-25-20(13-28-23)22(27)26-21-16-9-3-1-7-14(16)15-8-2-4-10-17(15)21/h1-13,21H,24H2,(H,26,27). The van der Waals surface area contributed by atoms with Gasteiger partial charge in [-0.3, -0.25) is 4.79 Å². The molecule has 1 aromatic heterocycles. The molecule has 0 spiro atoms. The van der Waals surface area contributed by atoms with Gasteiger partial charge in [-0.1, -0.05) is 60.7 Å². The van der Waals surface area contributed by atoms with E-state index in [-0.39, 0.29) is 17.6 Å². The largest absolute Gasteiger partial charge is 0.444 e. The monoisotopic (exact) mass is 367 g/mol. The molecule has 3 aromatic carbocycles. The minimum absolute atomic E-state index is 0.221. The molecule has 1 aliphatic carbocycles. The molecule has 3 N–H and O–H groups in total. The minimum Gasteiger partial charge on any atom is -0.444 e. The maximum Gasteiger partial charge on any atom is 0.274 e. The predicted octanol–water partition coefficient (Wildman–Crippen LogP) is 4.42. The number of aromatic nitrogens is 1. The Kier molecular flexibility index (Phi) is 3.72. The number of hydrogen-bond donors (Lipinski definition) is 2. The normalized spacial score (nSPS) is 12.4. The molecule has 1 heterocycles. The van der Waals surface area contributed by atoms with E-state index in [4.69, 9.17) is 10.2 Å². The van der Waals surface area contributed by atoms with Crippen molar-refractivity contribution in [1.82, 2.24) is 10.3 Å². The number of carbonyl (C=O) groups is 1. The van der Waals surface area contributed by atoms with Gasteiger partial charge in [-0.15, -0.1) is 0 Å². The van der Waals surface area contributed by atoms with Gasteiger partial charge in [0.05, 0.1) is 11.6 Å². The molecule has 0 fully saturated rings. The number of oxazole rings is 1. The summed E-state index contributed by atoms with van der Waals surface area (Å²) in [7, 11) is 0. The number of carbonyl (C=O) groups excluding carboxylic acids is 1. The van der Waals surface area contributed by atoms with E-state index in [1.807, 2.05) is 54.6 Å². The summed E-state index contributed by atoms with van der Waals surface area (Å²) in [5.41, 5.74) is 11.8. The van der Waals surface area contributed by atoms with Crippen molar-refractivity contribution < 1.29 is 9.21 Å². The fourth-order valence-corrected chi connectivity index (χ4v) is 3.71. The quantitative estimate of drug-likeness (QED) is 0.525. The highest BCUT2D eigenvalue weighted by Crippen LogP contribution is 2.43. The SMILES string of the molecule is Nc1ccccc1-c1nc(C(=O)NC2c3ccccc3-c3ccccc32)co1. The average molecular weight is 367 g/mol. The first-order valence-corrected chi connectivity index (χ1v) is 9.02. The highest BCUT2D eigenvalue weighted by atomic mass is 16.3. The van der Waals surface area contributed by atoms with Crippen LogP contribution in [-0.2, 0) is 0 Å². The van der Waals surface area contributed by atoms with Crippen LogP contribution in [0.5, 0.6) is 0 Å². The molecule has 0 aliphatic heterocycles. The van der Waals surface area contributed by atoms with Crippen LogP contribution in [0.3, 0.4) is 0 Å². The summed E-state index contributed by atoms with van der Waals surface area (Å²) < 4.78 is 5.50. The van der Waals surface area contributed by atoms with Crippen LogP contribution in [0.2, 0.25) is 0 Å². The van der Waals surface area contributed by atoms with Crippen molar-refractivity contribution in [2.24, 2.45) is 0 Å². The van der Waals surface area contributed by atoms with Crippen molar-refractivity contribution in [3.05, 3.63) is 95.9 Å². The Hall–Kier alpha value is -3.86. The maximum absolute atomic E-state index is 12.9. The number of amides is 1. The van der Waals surface area contributed by atoms with Crippen molar-refractivity contribution in [1.29, 1.82) is 0 Å². The van der Waals surface area contributed by atoms with Crippen LogP contribution >= 0.6 is 0 Å². The third-order valence-corrected chi connectivity index (χ3v) is 5.04. The molecule has 5 rings (SSSR count). The summed E-state index contributed by atoms with van der Waals surface area (Å²) in [5.74, 6) is 0.0384. The van der Waals surface area contributed by atoms with Gasteiger partial charge in [0.25, 0.3) is 5.91 Å². The summed E-state index contributed by atoms with van der Waals surface area (Å²) in [5, 5.41) is 3.09. The van der Waals surface area contributed by atoms with E-state index >= 15 is 0 Å². The second-order valence-electron chi connectivity index (χ2n) is 6.71. The Morgan fingerprint density at radius 1 is 0.857 bits per heavy atom. The van der Waals surface area contributed by atoms with Gasteiger partial charge in [-0.2, -0.15) is 0 Å². The number of anilines is 1. The number of para-hydroxylation sites is 1. The minimum atomic E-state index is -0.291. The molecule has 0 radical (unpaired) electrons. The van der Waals surface area contributed by atoms with E-state index < -0.39 is 0 Å². The fourth-order valence-electron chi connectivity index (χ4n) is 3.71. The summed E-state index contributed by atoms with van der Waals surface area (Å²) in [4.78, 5) is 17.2. The average Bonchev–Trinajstić information content (AvgIpc) is 3.33. The van der Waals surface area contributed by atoms with Crippen LogP contribution < -0.4 is 11.1 Å². The van der Waals surface area contributed by atoms with Gasteiger partial charge in [0.2, 0.25) is 5.89 Å². The van der Waals surface area contributed by atoms with Crippen LogP contribution in [0, 0.1) is 0 Å². The molecule has 28 heavy (non-hydrogen) atoms. The van der Waals surface area contributed by atoms with Crippen LogP contribution in [-0.4, -0.2) is 10.9 Å². The third kappa shape index (κ3) is 2.56. The first-order valence-electron chi connectivity index (χ1n) is 9.02. The molecule has 0 atom stereocenters. The second-order valence-corrected chi connectivity index (χ2v) is 6.71. The molecule has 0 unspecified atom stereocenters. The number of hydrogen-bond acceptors (Lipinski definition) is 4. The van der Waals surface area contributed by atoms with Gasteiger partial charge in [0.15, 0.2) is 5.69 Å². The lowest BCUT2D eigenvalue weighted by Crippen LogP contribution is -2.28. The van der Waals surface area contributed by atoms with Crippen LogP contribution in [0.25, 0.3) is 22.6 Å². The van der Waals surface area contributed by atoms with Crippen molar-refractivity contribution in [2.75, 3.05) is 5.73 Å². The molecular weight excluding hydrogens is 350 g/mol. The lowest BCUT2D eigenvalue weighted by molar-refractivity contribution is 0.0938. The van der Waals surface area contributed by atoms with Gasteiger partial charge in [0, 0.05) is 5.69 Å². The highest BCUT2D eigenvalue weighted by Gasteiger charge is 2.30. The smallest absolute Gasteiger partial charge is 0.274 e. The first-order chi connectivity index (χ1) is 13.7. The Morgan fingerprint density at radius 3 is 2.07 bits per heavy atom. The second kappa shape index (κ2) is 6.39.